The van der Waals surface area contributed by atoms with Crippen molar-refractivity contribution >= 4 is 11.4 Å². The fourth-order valence-electron chi connectivity index (χ4n) is 1.32. The first-order valence-electron chi connectivity index (χ1n) is 3.65. The maximum Gasteiger partial charge on any atom is 0.304 e. The van der Waals surface area contributed by atoms with E-state index >= 15 is 0 Å². The number of aliphatic hydroxyl groups is 1. The van der Waals surface area contributed by atoms with E-state index in [9.17, 15) is 9.32 Å². The summed E-state index contributed by atoms with van der Waals surface area (Å²) in [6.07, 6.45) is 3.68. The third-order valence-electron chi connectivity index (χ3n) is 1.86. The van der Waals surface area contributed by atoms with Crippen molar-refractivity contribution < 1.29 is 18.1 Å². The minimum atomic E-state index is -2.35. The molecule has 1 fully saturated rings. The Labute approximate surface area is 68.1 Å². The summed E-state index contributed by atoms with van der Waals surface area (Å²) in [7, 11) is 0. The zero-order valence-corrected chi connectivity index (χ0v) is 6.97. The lowest BCUT2D eigenvalue weighted by atomic mass is 9.95. The zero-order valence-electron chi connectivity index (χ0n) is 6.15. The molecular formula is C6H12O4S. The van der Waals surface area contributed by atoms with E-state index in [-0.39, 0.29) is 0 Å². The van der Waals surface area contributed by atoms with Crippen LogP contribution in [-0.4, -0.2) is 19.7 Å². The Morgan fingerprint density at radius 2 is 1.82 bits per heavy atom. The molecule has 1 atom stereocenters. The van der Waals surface area contributed by atoms with E-state index in [1.807, 2.05) is 0 Å². The average Bonchev–Trinajstić information content (AvgIpc) is 1.85. The SMILES string of the molecule is O=S(O)OC1(O)CCCCC1. The molecule has 1 rings (SSSR count). The highest BCUT2D eigenvalue weighted by molar-refractivity contribution is 7.74. The van der Waals surface area contributed by atoms with Crippen molar-refractivity contribution in [3.63, 3.8) is 0 Å². The van der Waals surface area contributed by atoms with Crippen LogP contribution in [0.4, 0.5) is 0 Å². The molecule has 0 aromatic rings. The lowest BCUT2D eigenvalue weighted by Crippen LogP contribution is -2.35. The summed E-state index contributed by atoms with van der Waals surface area (Å²) in [5.74, 6) is -1.35. The molecule has 0 aliphatic heterocycles. The Balaban J connectivity index is 2.43. The molecule has 1 unspecified atom stereocenters. The van der Waals surface area contributed by atoms with Gasteiger partial charge >= 0.3 is 11.4 Å². The Morgan fingerprint density at radius 3 is 2.27 bits per heavy atom. The van der Waals surface area contributed by atoms with Gasteiger partial charge in [0.2, 0.25) is 0 Å². The van der Waals surface area contributed by atoms with Gasteiger partial charge in [0.15, 0.2) is 5.79 Å². The van der Waals surface area contributed by atoms with Crippen LogP contribution in [0.25, 0.3) is 0 Å². The van der Waals surface area contributed by atoms with E-state index in [1.165, 1.54) is 0 Å². The Morgan fingerprint density at radius 1 is 1.27 bits per heavy atom. The van der Waals surface area contributed by atoms with Gasteiger partial charge in [-0.1, -0.05) is 6.42 Å². The van der Waals surface area contributed by atoms with Gasteiger partial charge in [0.25, 0.3) is 0 Å². The first-order valence-corrected chi connectivity index (χ1v) is 4.68. The van der Waals surface area contributed by atoms with Gasteiger partial charge in [0, 0.05) is 12.8 Å². The van der Waals surface area contributed by atoms with Crippen molar-refractivity contribution in [2.45, 2.75) is 37.9 Å². The van der Waals surface area contributed by atoms with Crippen molar-refractivity contribution in [2.24, 2.45) is 0 Å². The molecule has 4 nitrogen and oxygen atoms in total. The van der Waals surface area contributed by atoms with Crippen LogP contribution in [-0.2, 0) is 15.5 Å². The summed E-state index contributed by atoms with van der Waals surface area (Å²) in [6.45, 7) is 0. The molecule has 11 heavy (non-hydrogen) atoms. The fourth-order valence-corrected chi connectivity index (χ4v) is 1.75. The maximum atomic E-state index is 10.2. The van der Waals surface area contributed by atoms with E-state index in [0.717, 1.165) is 19.3 Å². The van der Waals surface area contributed by atoms with Gasteiger partial charge in [-0.25, -0.2) is 4.18 Å². The second-order valence-electron chi connectivity index (χ2n) is 2.81. The smallest absolute Gasteiger partial charge is 0.304 e. The minimum Gasteiger partial charge on any atom is -0.364 e. The first-order chi connectivity index (χ1) is 5.12. The second kappa shape index (κ2) is 3.62. The van der Waals surface area contributed by atoms with E-state index < -0.39 is 17.1 Å². The molecule has 1 aliphatic carbocycles. The van der Waals surface area contributed by atoms with Crippen LogP contribution in [0.3, 0.4) is 0 Å². The predicted molar refractivity (Wildman–Crippen MR) is 39.9 cm³/mol. The highest BCUT2D eigenvalue weighted by atomic mass is 32.2. The van der Waals surface area contributed by atoms with Gasteiger partial charge in [-0.3, -0.25) is 4.55 Å². The average molecular weight is 180 g/mol. The number of rotatable bonds is 2. The summed E-state index contributed by atoms with van der Waals surface area (Å²) in [6, 6.07) is 0. The summed E-state index contributed by atoms with van der Waals surface area (Å²) < 4.78 is 23.0. The van der Waals surface area contributed by atoms with Crippen molar-refractivity contribution in [1.82, 2.24) is 0 Å². The number of hydrogen-bond donors (Lipinski definition) is 2. The van der Waals surface area contributed by atoms with Gasteiger partial charge in [0.1, 0.15) is 0 Å². The summed E-state index contributed by atoms with van der Waals surface area (Å²) in [4.78, 5) is 0. The first kappa shape index (κ1) is 9.12. The van der Waals surface area contributed by atoms with Gasteiger partial charge in [-0.05, 0) is 12.8 Å². The summed E-state index contributed by atoms with van der Waals surface area (Å²) in [5, 5.41) is 9.47. The van der Waals surface area contributed by atoms with E-state index in [4.69, 9.17) is 4.55 Å². The third kappa shape index (κ3) is 2.86. The molecule has 0 saturated heterocycles. The Kier molecular flexibility index (Phi) is 3.00. The molecule has 0 aromatic carbocycles. The molecule has 0 bridgehead atoms. The van der Waals surface area contributed by atoms with Crippen LogP contribution in [0.1, 0.15) is 32.1 Å². The molecule has 1 aliphatic rings. The maximum absolute atomic E-state index is 10.2. The van der Waals surface area contributed by atoms with Gasteiger partial charge in [0.05, 0.1) is 0 Å². The van der Waals surface area contributed by atoms with Gasteiger partial charge in [-0.15, -0.1) is 0 Å². The monoisotopic (exact) mass is 180 g/mol. The van der Waals surface area contributed by atoms with E-state index in [2.05, 4.69) is 4.18 Å². The molecule has 0 heterocycles. The van der Waals surface area contributed by atoms with Crippen LogP contribution in [0.5, 0.6) is 0 Å². The lowest BCUT2D eigenvalue weighted by Gasteiger charge is -2.29. The Hall–Kier alpha value is 0.0300. The zero-order chi connectivity index (χ0) is 8.32. The molecule has 0 radical (unpaired) electrons. The predicted octanol–water partition coefficient (Wildman–Crippen LogP) is 0.792. The van der Waals surface area contributed by atoms with Crippen molar-refractivity contribution in [3.8, 4) is 0 Å². The van der Waals surface area contributed by atoms with Crippen LogP contribution in [0, 0.1) is 0 Å². The molecule has 2 N–H and O–H groups in total. The summed E-state index contributed by atoms with van der Waals surface area (Å²) >= 11 is -2.35. The molecule has 66 valence electrons. The molecule has 0 amide bonds. The van der Waals surface area contributed by atoms with Crippen molar-refractivity contribution in [3.05, 3.63) is 0 Å². The highest BCUT2D eigenvalue weighted by Gasteiger charge is 2.32. The van der Waals surface area contributed by atoms with Crippen molar-refractivity contribution in [1.29, 1.82) is 0 Å². The van der Waals surface area contributed by atoms with Crippen LogP contribution in [0.2, 0.25) is 0 Å². The quantitative estimate of drug-likeness (QED) is 0.487. The lowest BCUT2D eigenvalue weighted by molar-refractivity contribution is -0.155. The number of hydrogen-bond acceptors (Lipinski definition) is 3. The van der Waals surface area contributed by atoms with E-state index in [0.29, 0.717) is 12.8 Å². The van der Waals surface area contributed by atoms with Crippen molar-refractivity contribution in [2.75, 3.05) is 0 Å². The van der Waals surface area contributed by atoms with E-state index in [1.54, 1.807) is 0 Å². The fraction of sp³-hybridized carbons (Fsp3) is 1.00. The minimum absolute atomic E-state index is 0.458. The van der Waals surface area contributed by atoms with Gasteiger partial charge in [-0.2, -0.15) is 4.21 Å². The van der Waals surface area contributed by atoms with Crippen LogP contribution >= 0.6 is 0 Å². The van der Waals surface area contributed by atoms with Crippen LogP contribution in [0.15, 0.2) is 0 Å². The summed E-state index contributed by atoms with van der Waals surface area (Å²) in [5.41, 5.74) is 0. The normalized spacial score (nSPS) is 26.4. The topological polar surface area (TPSA) is 66.8 Å². The largest absolute Gasteiger partial charge is 0.364 e. The molecule has 0 spiro atoms. The third-order valence-corrected chi connectivity index (χ3v) is 2.31. The van der Waals surface area contributed by atoms with Crippen LogP contribution < -0.4 is 0 Å². The molecule has 1 saturated carbocycles. The second-order valence-corrected chi connectivity index (χ2v) is 3.41. The molecule has 5 heteroatoms. The standard InChI is InChI=1S/C6H12O4S/c7-6(10-11(8)9)4-2-1-3-5-6/h7H,1-5H2,(H,8,9). The molecular weight excluding hydrogens is 168 g/mol. The Bertz CT molecular complexity index is 153. The van der Waals surface area contributed by atoms with Gasteiger partial charge < -0.3 is 5.11 Å². The highest BCUT2D eigenvalue weighted by Crippen LogP contribution is 2.29. The molecule has 0 aromatic heterocycles.